The van der Waals surface area contributed by atoms with Gasteiger partial charge in [0.2, 0.25) is 0 Å². The molecule has 22 heavy (non-hydrogen) atoms. The van der Waals surface area contributed by atoms with Crippen molar-refractivity contribution in [2.24, 2.45) is 0 Å². The highest BCUT2D eigenvalue weighted by atomic mass is 16.6. The molecule has 0 aromatic carbocycles. The van der Waals surface area contributed by atoms with Crippen molar-refractivity contribution in [3.63, 3.8) is 0 Å². The summed E-state index contributed by atoms with van der Waals surface area (Å²) in [6, 6.07) is 0.167. The van der Waals surface area contributed by atoms with Gasteiger partial charge >= 0.3 is 12.2 Å². The van der Waals surface area contributed by atoms with Crippen molar-refractivity contribution in [1.29, 1.82) is 0 Å². The summed E-state index contributed by atoms with van der Waals surface area (Å²) in [5.74, 6) is 0. The number of rotatable bonds is 3. The van der Waals surface area contributed by atoms with Gasteiger partial charge in [0.25, 0.3) is 0 Å². The topological polar surface area (TPSA) is 79.9 Å². The van der Waals surface area contributed by atoms with Crippen LogP contribution in [-0.4, -0.2) is 60.5 Å². The fourth-order valence-electron chi connectivity index (χ4n) is 2.91. The number of ether oxygens (including phenoxy) is 2. The number of hydrogen-bond donors (Lipinski definition) is 2. The van der Waals surface area contributed by atoms with Crippen molar-refractivity contribution >= 4 is 12.2 Å². The molecule has 2 unspecified atom stereocenters. The van der Waals surface area contributed by atoms with Crippen LogP contribution in [0, 0.1) is 0 Å². The van der Waals surface area contributed by atoms with Crippen LogP contribution in [-0.2, 0) is 9.47 Å². The van der Waals surface area contributed by atoms with Gasteiger partial charge in [-0.15, -0.1) is 0 Å². The normalized spacial score (nSPS) is 26.7. The quantitative estimate of drug-likeness (QED) is 0.825. The Labute approximate surface area is 131 Å². The number of nitrogens with one attached hydrogen (secondary N) is 2. The van der Waals surface area contributed by atoms with E-state index in [9.17, 15) is 9.59 Å². The first-order valence-electron chi connectivity index (χ1n) is 7.94. The molecule has 0 spiro atoms. The minimum Gasteiger partial charge on any atom is -0.444 e. The van der Waals surface area contributed by atoms with Crippen LogP contribution in [0.2, 0.25) is 0 Å². The summed E-state index contributed by atoms with van der Waals surface area (Å²) >= 11 is 0. The second kappa shape index (κ2) is 6.73. The minimum atomic E-state index is -0.539. The molecule has 0 radical (unpaired) electrons. The van der Waals surface area contributed by atoms with Crippen LogP contribution in [0.25, 0.3) is 0 Å². The van der Waals surface area contributed by atoms with E-state index in [0.717, 1.165) is 25.9 Å². The molecule has 2 rings (SSSR count). The third-order valence-corrected chi connectivity index (χ3v) is 3.99. The highest BCUT2D eigenvalue weighted by molar-refractivity contribution is 5.72. The smallest absolute Gasteiger partial charge is 0.410 e. The van der Waals surface area contributed by atoms with Crippen LogP contribution < -0.4 is 10.6 Å². The Morgan fingerprint density at radius 3 is 2.64 bits per heavy atom. The predicted octanol–water partition coefficient (Wildman–Crippen LogP) is 1.47. The average Bonchev–Trinajstić information content (AvgIpc) is 2.70. The largest absolute Gasteiger partial charge is 0.444 e. The molecule has 2 amide bonds. The molecule has 0 saturated carbocycles. The number of carbonyl (C=O) groups is 2. The van der Waals surface area contributed by atoms with Crippen LogP contribution in [0.1, 0.15) is 40.5 Å². The Balaban J connectivity index is 1.85. The highest BCUT2D eigenvalue weighted by Crippen LogP contribution is 2.25. The SMILES string of the molecule is CC1C(CNC(=O)OC(C)(C)C)OC(=O)N1C1CCNCC1. The summed E-state index contributed by atoms with van der Waals surface area (Å²) < 4.78 is 10.6. The van der Waals surface area contributed by atoms with Crippen molar-refractivity contribution in [2.45, 2.75) is 64.3 Å². The maximum absolute atomic E-state index is 12.1. The average molecular weight is 313 g/mol. The summed E-state index contributed by atoms with van der Waals surface area (Å²) in [5.41, 5.74) is -0.539. The van der Waals surface area contributed by atoms with E-state index < -0.39 is 11.7 Å². The van der Waals surface area contributed by atoms with Crippen molar-refractivity contribution in [1.82, 2.24) is 15.5 Å². The summed E-state index contributed by atoms with van der Waals surface area (Å²) in [5, 5.41) is 5.97. The molecule has 2 N–H and O–H groups in total. The number of cyclic esters (lactones) is 1. The van der Waals surface area contributed by atoms with Crippen molar-refractivity contribution in [2.75, 3.05) is 19.6 Å². The van der Waals surface area contributed by atoms with E-state index in [2.05, 4.69) is 10.6 Å². The molecule has 2 saturated heterocycles. The zero-order valence-electron chi connectivity index (χ0n) is 13.8. The lowest BCUT2D eigenvalue weighted by Gasteiger charge is -2.33. The zero-order valence-corrected chi connectivity index (χ0v) is 13.8. The van der Waals surface area contributed by atoms with E-state index in [1.54, 1.807) is 0 Å². The zero-order chi connectivity index (χ0) is 16.3. The van der Waals surface area contributed by atoms with Crippen LogP contribution in [0.15, 0.2) is 0 Å². The first-order chi connectivity index (χ1) is 10.3. The Morgan fingerprint density at radius 1 is 1.41 bits per heavy atom. The summed E-state index contributed by atoms with van der Waals surface area (Å²) in [4.78, 5) is 25.6. The lowest BCUT2D eigenvalue weighted by Crippen LogP contribution is -2.48. The van der Waals surface area contributed by atoms with Crippen LogP contribution in [0.5, 0.6) is 0 Å². The van der Waals surface area contributed by atoms with E-state index in [0.29, 0.717) is 0 Å². The van der Waals surface area contributed by atoms with E-state index in [4.69, 9.17) is 9.47 Å². The lowest BCUT2D eigenvalue weighted by molar-refractivity contribution is 0.0490. The van der Waals surface area contributed by atoms with Gasteiger partial charge < -0.3 is 20.1 Å². The number of amides is 2. The molecule has 0 aromatic heterocycles. The number of hydrogen-bond acceptors (Lipinski definition) is 5. The minimum absolute atomic E-state index is 0.0504. The van der Waals surface area contributed by atoms with Gasteiger partial charge in [0.1, 0.15) is 11.7 Å². The van der Waals surface area contributed by atoms with Crippen molar-refractivity contribution < 1.29 is 19.1 Å². The molecular weight excluding hydrogens is 286 g/mol. The fraction of sp³-hybridized carbons (Fsp3) is 0.867. The van der Waals surface area contributed by atoms with E-state index in [-0.39, 0.29) is 30.8 Å². The third-order valence-electron chi connectivity index (χ3n) is 3.99. The Morgan fingerprint density at radius 2 is 2.05 bits per heavy atom. The summed E-state index contributed by atoms with van der Waals surface area (Å²) in [6.45, 7) is 9.50. The molecular formula is C15H27N3O4. The molecule has 7 nitrogen and oxygen atoms in total. The molecule has 126 valence electrons. The molecule has 2 heterocycles. The molecule has 2 atom stereocenters. The van der Waals surface area contributed by atoms with Gasteiger partial charge in [-0.3, -0.25) is 4.90 Å². The second-order valence-electron chi connectivity index (χ2n) is 6.93. The molecule has 2 aliphatic heterocycles. The Kier molecular flexibility index (Phi) is 5.16. The van der Waals surface area contributed by atoms with E-state index >= 15 is 0 Å². The first kappa shape index (κ1) is 16.9. The standard InChI is InChI=1S/C15H27N3O4/c1-10-12(9-17-13(19)22-15(2,3)4)21-14(20)18(10)11-5-7-16-8-6-11/h10-12,16H,5-9H2,1-4H3,(H,17,19). The summed E-state index contributed by atoms with van der Waals surface area (Å²) in [6.07, 6.45) is 0.762. The maximum atomic E-state index is 12.1. The predicted molar refractivity (Wildman–Crippen MR) is 81.7 cm³/mol. The van der Waals surface area contributed by atoms with Gasteiger partial charge in [0, 0.05) is 6.04 Å². The maximum Gasteiger partial charge on any atom is 0.410 e. The fourth-order valence-corrected chi connectivity index (χ4v) is 2.91. The summed E-state index contributed by atoms with van der Waals surface area (Å²) in [7, 11) is 0. The molecule has 2 fully saturated rings. The first-order valence-corrected chi connectivity index (χ1v) is 7.94. The van der Waals surface area contributed by atoms with Crippen molar-refractivity contribution in [3.05, 3.63) is 0 Å². The van der Waals surface area contributed by atoms with Gasteiger partial charge in [0.05, 0.1) is 12.6 Å². The molecule has 0 bridgehead atoms. The van der Waals surface area contributed by atoms with Crippen LogP contribution in [0.4, 0.5) is 9.59 Å². The van der Waals surface area contributed by atoms with Gasteiger partial charge in [-0.1, -0.05) is 0 Å². The molecule has 0 aliphatic carbocycles. The Bertz CT molecular complexity index is 416. The molecule has 2 aliphatic rings. The van der Waals surface area contributed by atoms with Crippen LogP contribution in [0.3, 0.4) is 0 Å². The van der Waals surface area contributed by atoms with Gasteiger partial charge in [-0.05, 0) is 53.6 Å². The number of nitrogens with zero attached hydrogens (tertiary/aromatic N) is 1. The Hall–Kier alpha value is -1.50. The second-order valence-corrected chi connectivity index (χ2v) is 6.93. The monoisotopic (exact) mass is 313 g/mol. The van der Waals surface area contributed by atoms with Gasteiger partial charge in [-0.25, -0.2) is 9.59 Å². The van der Waals surface area contributed by atoms with Gasteiger partial charge in [0.15, 0.2) is 0 Å². The number of piperidine rings is 1. The van der Waals surface area contributed by atoms with E-state index in [1.807, 2.05) is 32.6 Å². The third kappa shape index (κ3) is 4.25. The number of carbonyl (C=O) groups excluding carboxylic acids is 2. The van der Waals surface area contributed by atoms with E-state index in [1.165, 1.54) is 0 Å². The highest BCUT2D eigenvalue weighted by Gasteiger charge is 2.42. The van der Waals surface area contributed by atoms with Crippen LogP contribution >= 0.6 is 0 Å². The molecule has 0 aromatic rings. The molecule has 7 heteroatoms. The lowest BCUT2D eigenvalue weighted by atomic mass is 10.0. The number of alkyl carbamates (subject to hydrolysis) is 1. The van der Waals surface area contributed by atoms with Crippen molar-refractivity contribution in [3.8, 4) is 0 Å². The van der Waals surface area contributed by atoms with Gasteiger partial charge in [-0.2, -0.15) is 0 Å².